The van der Waals surface area contributed by atoms with Crippen molar-refractivity contribution >= 4 is 5.91 Å². The molecule has 1 aliphatic rings. The Morgan fingerprint density at radius 2 is 2.16 bits per heavy atom. The summed E-state index contributed by atoms with van der Waals surface area (Å²) in [7, 11) is 1.74. The molecule has 25 heavy (non-hydrogen) atoms. The number of hydrogen-bond donors (Lipinski definition) is 1. The zero-order valence-corrected chi connectivity index (χ0v) is 13.6. The summed E-state index contributed by atoms with van der Waals surface area (Å²) in [4.78, 5) is 14.0. The van der Waals surface area contributed by atoms with Crippen LogP contribution in [0.3, 0.4) is 0 Å². The van der Waals surface area contributed by atoms with Crippen molar-refractivity contribution in [1.29, 1.82) is 0 Å². The van der Waals surface area contributed by atoms with E-state index in [0.717, 1.165) is 17.7 Å². The average Bonchev–Trinajstić information content (AvgIpc) is 3.12. The molecule has 1 aromatic heterocycles. The number of carbonyl (C=O) groups is 1. The fraction of sp³-hybridized carbons (Fsp3) is 0.412. The van der Waals surface area contributed by atoms with E-state index in [4.69, 9.17) is 0 Å². The maximum atomic E-state index is 12.9. The minimum absolute atomic E-state index is 0.0933. The summed E-state index contributed by atoms with van der Waals surface area (Å²) < 4.78 is 40.4. The molecule has 0 spiro atoms. The summed E-state index contributed by atoms with van der Waals surface area (Å²) in [6.45, 7) is 0.111. The van der Waals surface area contributed by atoms with Crippen molar-refractivity contribution in [1.82, 2.24) is 14.7 Å². The Kier molecular flexibility index (Phi) is 4.55. The van der Waals surface area contributed by atoms with Crippen LogP contribution in [0.4, 0.5) is 13.2 Å². The van der Waals surface area contributed by atoms with E-state index in [0.29, 0.717) is 5.56 Å². The van der Waals surface area contributed by atoms with Gasteiger partial charge in [0.15, 0.2) is 0 Å². The lowest BCUT2D eigenvalue weighted by atomic mass is 10.0. The first kappa shape index (κ1) is 17.5. The number of aromatic nitrogens is 2. The first-order valence-electron chi connectivity index (χ1n) is 7.86. The SMILES string of the molecule is Cn1cc(CC(=O)N2C[C@@H](O)C[C@H]2c2cccc(C(F)(F)F)c2)cn1. The van der Waals surface area contributed by atoms with Crippen LogP contribution in [0.1, 0.15) is 29.2 Å². The Bertz CT molecular complexity index is 772. The van der Waals surface area contributed by atoms with Crippen LogP contribution in [0.5, 0.6) is 0 Å². The minimum atomic E-state index is -4.45. The highest BCUT2D eigenvalue weighted by molar-refractivity contribution is 5.79. The molecule has 2 aromatic rings. The summed E-state index contributed by atoms with van der Waals surface area (Å²) in [6.07, 6.45) is -1.60. The van der Waals surface area contributed by atoms with Gasteiger partial charge in [0.05, 0.1) is 30.3 Å². The number of carbonyl (C=O) groups excluding carboxylic acids is 1. The molecular formula is C17H18F3N3O2. The van der Waals surface area contributed by atoms with Gasteiger partial charge < -0.3 is 10.0 Å². The quantitative estimate of drug-likeness (QED) is 0.921. The molecule has 1 amide bonds. The van der Waals surface area contributed by atoms with Crippen LogP contribution in [0.25, 0.3) is 0 Å². The molecule has 3 rings (SSSR count). The van der Waals surface area contributed by atoms with Crippen LogP contribution >= 0.6 is 0 Å². The highest BCUT2D eigenvalue weighted by atomic mass is 19.4. The highest BCUT2D eigenvalue weighted by Crippen LogP contribution is 2.36. The van der Waals surface area contributed by atoms with Gasteiger partial charge in [-0.25, -0.2) is 0 Å². The van der Waals surface area contributed by atoms with E-state index in [-0.39, 0.29) is 25.3 Å². The monoisotopic (exact) mass is 353 g/mol. The third-order valence-electron chi connectivity index (χ3n) is 4.31. The number of β-amino-alcohol motifs (C(OH)–C–C–N with tert-alkyl or cyclic N) is 1. The number of aryl methyl sites for hydroxylation is 1. The van der Waals surface area contributed by atoms with Gasteiger partial charge in [-0.15, -0.1) is 0 Å². The van der Waals surface area contributed by atoms with Crippen molar-refractivity contribution in [3.8, 4) is 0 Å². The van der Waals surface area contributed by atoms with E-state index in [1.807, 2.05) is 0 Å². The number of nitrogens with zero attached hydrogens (tertiary/aromatic N) is 3. The summed E-state index contributed by atoms with van der Waals surface area (Å²) in [5.74, 6) is -0.244. The Balaban J connectivity index is 1.83. The molecule has 0 unspecified atom stereocenters. The molecule has 1 fully saturated rings. The summed E-state index contributed by atoms with van der Waals surface area (Å²) in [5.41, 5.74) is 0.341. The van der Waals surface area contributed by atoms with E-state index in [2.05, 4.69) is 5.10 Å². The molecule has 8 heteroatoms. The second-order valence-corrected chi connectivity index (χ2v) is 6.27. The Hall–Kier alpha value is -2.35. The van der Waals surface area contributed by atoms with Crippen molar-refractivity contribution in [3.05, 3.63) is 53.3 Å². The molecule has 2 heterocycles. The molecule has 0 bridgehead atoms. The van der Waals surface area contributed by atoms with E-state index >= 15 is 0 Å². The van der Waals surface area contributed by atoms with Crippen molar-refractivity contribution < 1.29 is 23.1 Å². The number of rotatable bonds is 3. The molecule has 1 aliphatic heterocycles. The first-order chi connectivity index (χ1) is 11.7. The van der Waals surface area contributed by atoms with Crippen LogP contribution in [-0.2, 0) is 24.4 Å². The standard InChI is InChI=1S/C17H18F3N3O2/c1-22-9-11(8-21-22)5-16(25)23-10-14(24)7-15(23)12-3-2-4-13(6-12)17(18,19)20/h2-4,6,8-9,14-15,24H,5,7,10H2,1H3/t14-,15-/m0/s1. The van der Waals surface area contributed by atoms with Crippen molar-refractivity contribution in [3.63, 3.8) is 0 Å². The minimum Gasteiger partial charge on any atom is -0.391 e. The van der Waals surface area contributed by atoms with Crippen molar-refractivity contribution in [2.24, 2.45) is 7.05 Å². The molecule has 0 saturated carbocycles. The highest BCUT2D eigenvalue weighted by Gasteiger charge is 2.37. The number of aliphatic hydroxyl groups excluding tert-OH is 1. The number of likely N-dealkylation sites (tertiary alicyclic amines) is 1. The second-order valence-electron chi connectivity index (χ2n) is 6.27. The largest absolute Gasteiger partial charge is 0.416 e. The zero-order chi connectivity index (χ0) is 18.2. The molecule has 0 radical (unpaired) electrons. The predicted octanol–water partition coefficient (Wildman–Crippen LogP) is 2.32. The molecular weight excluding hydrogens is 335 g/mol. The van der Waals surface area contributed by atoms with Gasteiger partial charge in [0.25, 0.3) is 0 Å². The first-order valence-corrected chi connectivity index (χ1v) is 7.86. The van der Waals surface area contributed by atoms with Gasteiger partial charge in [0.1, 0.15) is 0 Å². The fourth-order valence-electron chi connectivity index (χ4n) is 3.17. The number of alkyl halides is 3. The van der Waals surface area contributed by atoms with E-state index < -0.39 is 23.9 Å². The molecule has 134 valence electrons. The van der Waals surface area contributed by atoms with E-state index in [1.165, 1.54) is 11.0 Å². The van der Waals surface area contributed by atoms with Gasteiger partial charge in [-0.3, -0.25) is 9.48 Å². The average molecular weight is 353 g/mol. The smallest absolute Gasteiger partial charge is 0.391 e. The molecule has 1 N–H and O–H groups in total. The van der Waals surface area contributed by atoms with E-state index in [1.54, 1.807) is 30.2 Å². The van der Waals surface area contributed by atoms with Gasteiger partial charge in [-0.2, -0.15) is 18.3 Å². The molecule has 0 aliphatic carbocycles. The van der Waals surface area contributed by atoms with Gasteiger partial charge in [0, 0.05) is 19.8 Å². The van der Waals surface area contributed by atoms with Crippen LogP contribution in [0, 0.1) is 0 Å². The lowest BCUT2D eigenvalue weighted by Crippen LogP contribution is -2.33. The fourth-order valence-corrected chi connectivity index (χ4v) is 3.17. The Labute approximate surface area is 142 Å². The summed E-state index contributed by atoms with van der Waals surface area (Å²) in [5, 5.41) is 13.9. The summed E-state index contributed by atoms with van der Waals surface area (Å²) >= 11 is 0. The number of hydrogen-bond acceptors (Lipinski definition) is 3. The molecule has 2 atom stereocenters. The van der Waals surface area contributed by atoms with Crippen LogP contribution in [0.15, 0.2) is 36.7 Å². The number of amides is 1. The molecule has 5 nitrogen and oxygen atoms in total. The lowest BCUT2D eigenvalue weighted by molar-refractivity contribution is -0.137. The van der Waals surface area contributed by atoms with Crippen molar-refractivity contribution in [2.75, 3.05) is 6.54 Å². The third kappa shape index (κ3) is 3.84. The zero-order valence-electron chi connectivity index (χ0n) is 13.6. The topological polar surface area (TPSA) is 58.4 Å². The third-order valence-corrected chi connectivity index (χ3v) is 4.31. The van der Waals surface area contributed by atoms with Crippen LogP contribution in [0.2, 0.25) is 0 Å². The van der Waals surface area contributed by atoms with Gasteiger partial charge in [-0.05, 0) is 29.7 Å². The molecule has 1 saturated heterocycles. The number of halogens is 3. The van der Waals surface area contributed by atoms with Gasteiger partial charge in [0.2, 0.25) is 5.91 Å². The van der Waals surface area contributed by atoms with Crippen LogP contribution in [-0.4, -0.2) is 38.3 Å². The predicted molar refractivity (Wildman–Crippen MR) is 83.4 cm³/mol. The number of aliphatic hydroxyl groups is 1. The molecule has 1 aromatic carbocycles. The maximum absolute atomic E-state index is 12.9. The second kappa shape index (κ2) is 6.51. The van der Waals surface area contributed by atoms with Crippen LogP contribution < -0.4 is 0 Å². The normalized spacial score (nSPS) is 20.9. The Morgan fingerprint density at radius 1 is 1.40 bits per heavy atom. The Morgan fingerprint density at radius 3 is 2.80 bits per heavy atom. The van der Waals surface area contributed by atoms with Gasteiger partial charge in [-0.1, -0.05) is 12.1 Å². The lowest BCUT2D eigenvalue weighted by Gasteiger charge is -2.25. The summed E-state index contributed by atoms with van der Waals surface area (Å²) in [6, 6.07) is 4.36. The van der Waals surface area contributed by atoms with E-state index in [9.17, 15) is 23.1 Å². The maximum Gasteiger partial charge on any atom is 0.416 e. The number of benzene rings is 1. The van der Waals surface area contributed by atoms with Gasteiger partial charge >= 0.3 is 6.18 Å². The van der Waals surface area contributed by atoms with Crippen molar-refractivity contribution in [2.45, 2.75) is 31.2 Å².